The molecule has 2 atom stereocenters. The molecule has 20 heavy (non-hydrogen) atoms. The predicted molar refractivity (Wildman–Crippen MR) is 85.4 cm³/mol. The van der Waals surface area contributed by atoms with E-state index < -0.39 is 0 Å². The number of carbonyl (C=O) groups excluding carboxylic acids is 1. The lowest BCUT2D eigenvalue weighted by Gasteiger charge is -2.13. The van der Waals surface area contributed by atoms with Crippen LogP contribution in [-0.4, -0.2) is 34.5 Å². The Morgan fingerprint density at radius 2 is 2.25 bits per heavy atom. The van der Waals surface area contributed by atoms with E-state index in [1.165, 1.54) is 6.42 Å². The zero-order valence-electron chi connectivity index (χ0n) is 12.2. The predicted octanol–water partition coefficient (Wildman–Crippen LogP) is 2.92. The Morgan fingerprint density at radius 3 is 3.00 bits per heavy atom. The van der Waals surface area contributed by atoms with E-state index in [-0.39, 0.29) is 5.91 Å². The molecular weight excluding hydrogens is 270 g/mol. The molecule has 0 saturated heterocycles. The number of nitrogens with zero attached hydrogens (tertiary/aromatic N) is 1. The van der Waals surface area contributed by atoms with Gasteiger partial charge in [0.25, 0.3) is 5.91 Å². The fourth-order valence-corrected chi connectivity index (χ4v) is 3.70. The first-order valence-corrected chi connectivity index (χ1v) is 8.41. The fraction of sp³-hybridized carbons (Fsp3) is 0.600. The highest BCUT2D eigenvalue weighted by atomic mass is 32.2. The van der Waals surface area contributed by atoms with Gasteiger partial charge in [0.15, 0.2) is 0 Å². The van der Waals surface area contributed by atoms with Crippen molar-refractivity contribution in [3.8, 4) is 0 Å². The molecule has 1 aliphatic rings. The molecule has 1 amide bonds. The molecule has 0 aliphatic heterocycles. The van der Waals surface area contributed by atoms with Crippen LogP contribution in [0.3, 0.4) is 0 Å². The van der Waals surface area contributed by atoms with Crippen LogP contribution in [0.25, 0.3) is 0 Å². The number of anilines is 1. The van der Waals surface area contributed by atoms with Gasteiger partial charge >= 0.3 is 0 Å². The lowest BCUT2D eigenvalue weighted by atomic mass is 10.2. The topological polar surface area (TPSA) is 54.0 Å². The molecule has 0 spiro atoms. The van der Waals surface area contributed by atoms with Gasteiger partial charge in [0.05, 0.1) is 0 Å². The molecule has 1 aromatic heterocycles. The van der Waals surface area contributed by atoms with E-state index in [0.29, 0.717) is 17.0 Å². The number of hydrogen-bond donors (Lipinski definition) is 2. The maximum atomic E-state index is 12.2. The van der Waals surface area contributed by atoms with Crippen molar-refractivity contribution in [3.05, 3.63) is 23.9 Å². The van der Waals surface area contributed by atoms with Gasteiger partial charge in [-0.05, 0) is 44.1 Å². The minimum Gasteiger partial charge on any atom is -0.370 e. The molecule has 0 bridgehead atoms. The molecule has 1 aliphatic carbocycles. The fourth-order valence-electron chi connectivity index (χ4n) is 2.56. The average molecular weight is 293 g/mol. The highest BCUT2D eigenvalue weighted by Crippen LogP contribution is 2.29. The number of aromatic nitrogens is 1. The van der Waals surface area contributed by atoms with Crippen molar-refractivity contribution in [2.45, 2.75) is 44.4 Å². The summed E-state index contributed by atoms with van der Waals surface area (Å²) in [6.07, 6.45) is 3.36. The van der Waals surface area contributed by atoms with Crippen LogP contribution < -0.4 is 10.6 Å². The molecule has 2 unspecified atom stereocenters. The third-order valence-corrected chi connectivity index (χ3v) is 4.69. The Labute approximate surface area is 125 Å². The van der Waals surface area contributed by atoms with Crippen LogP contribution in [0.4, 0.5) is 5.82 Å². The van der Waals surface area contributed by atoms with E-state index in [1.54, 1.807) is 6.07 Å². The second kappa shape index (κ2) is 7.53. The molecule has 0 radical (unpaired) electrons. The minimum absolute atomic E-state index is 0.0584. The molecule has 1 fully saturated rings. The quantitative estimate of drug-likeness (QED) is 0.847. The molecule has 1 heterocycles. The van der Waals surface area contributed by atoms with Crippen LogP contribution in [-0.2, 0) is 0 Å². The Kier molecular flexibility index (Phi) is 5.71. The van der Waals surface area contributed by atoms with Crippen LogP contribution >= 0.6 is 11.8 Å². The molecule has 110 valence electrons. The highest BCUT2D eigenvalue weighted by Gasteiger charge is 2.26. The lowest BCUT2D eigenvalue weighted by molar-refractivity contribution is 0.0933. The molecule has 1 saturated carbocycles. The largest absolute Gasteiger partial charge is 0.370 e. The van der Waals surface area contributed by atoms with Crippen LogP contribution in [0.15, 0.2) is 18.2 Å². The van der Waals surface area contributed by atoms with Crippen LogP contribution in [0.1, 0.15) is 43.6 Å². The summed E-state index contributed by atoms with van der Waals surface area (Å²) in [5.41, 5.74) is 0.495. The van der Waals surface area contributed by atoms with Gasteiger partial charge in [-0.3, -0.25) is 4.79 Å². The van der Waals surface area contributed by atoms with Crippen LogP contribution in [0.5, 0.6) is 0 Å². The van der Waals surface area contributed by atoms with Gasteiger partial charge in [0.2, 0.25) is 0 Å². The Hall–Kier alpha value is -1.23. The van der Waals surface area contributed by atoms with Gasteiger partial charge < -0.3 is 10.6 Å². The van der Waals surface area contributed by atoms with E-state index in [1.807, 2.05) is 30.8 Å². The van der Waals surface area contributed by atoms with E-state index in [9.17, 15) is 4.79 Å². The minimum atomic E-state index is -0.0584. The van der Waals surface area contributed by atoms with Crippen molar-refractivity contribution in [3.63, 3.8) is 0 Å². The number of rotatable bonds is 6. The smallest absolute Gasteiger partial charge is 0.270 e. The third-order valence-electron chi connectivity index (χ3n) is 3.46. The van der Waals surface area contributed by atoms with Gasteiger partial charge in [-0.25, -0.2) is 4.98 Å². The standard InChI is InChI=1S/C15H23N3OS/c1-3-16-14-7-5-6-13(18-14)15(19)17-11-8-9-12(10-11)20-4-2/h5-7,11-12H,3-4,8-10H2,1-2H3,(H,16,18)(H,17,19). The molecule has 2 rings (SSSR count). The van der Waals surface area contributed by atoms with Crippen molar-refractivity contribution < 1.29 is 4.79 Å². The second-order valence-corrected chi connectivity index (χ2v) is 6.58. The summed E-state index contributed by atoms with van der Waals surface area (Å²) in [5.74, 6) is 1.85. The Bertz CT molecular complexity index is 452. The third kappa shape index (κ3) is 4.13. The molecular formula is C15H23N3OS. The van der Waals surface area contributed by atoms with Crippen LogP contribution in [0.2, 0.25) is 0 Å². The van der Waals surface area contributed by atoms with Gasteiger partial charge in [-0.15, -0.1) is 0 Å². The van der Waals surface area contributed by atoms with Crippen LogP contribution in [0, 0.1) is 0 Å². The first kappa shape index (κ1) is 15.2. The number of carbonyl (C=O) groups is 1. The van der Waals surface area contributed by atoms with Crippen molar-refractivity contribution >= 4 is 23.5 Å². The van der Waals surface area contributed by atoms with E-state index in [4.69, 9.17) is 0 Å². The monoisotopic (exact) mass is 293 g/mol. The summed E-state index contributed by atoms with van der Waals surface area (Å²) in [6, 6.07) is 5.81. The zero-order valence-corrected chi connectivity index (χ0v) is 13.0. The van der Waals surface area contributed by atoms with Gasteiger partial charge in [-0.1, -0.05) is 13.0 Å². The summed E-state index contributed by atoms with van der Waals surface area (Å²) in [7, 11) is 0. The molecule has 5 heteroatoms. The summed E-state index contributed by atoms with van der Waals surface area (Å²) >= 11 is 2.00. The summed E-state index contributed by atoms with van der Waals surface area (Å²) in [6.45, 7) is 5.00. The van der Waals surface area contributed by atoms with Crippen molar-refractivity contribution in [1.82, 2.24) is 10.3 Å². The van der Waals surface area contributed by atoms with E-state index in [0.717, 1.165) is 31.0 Å². The van der Waals surface area contributed by atoms with Gasteiger partial charge in [0, 0.05) is 17.8 Å². The van der Waals surface area contributed by atoms with Gasteiger partial charge in [-0.2, -0.15) is 11.8 Å². The number of hydrogen-bond acceptors (Lipinski definition) is 4. The molecule has 0 aromatic carbocycles. The first-order valence-electron chi connectivity index (χ1n) is 7.36. The van der Waals surface area contributed by atoms with E-state index >= 15 is 0 Å². The molecule has 1 aromatic rings. The Morgan fingerprint density at radius 1 is 1.40 bits per heavy atom. The maximum absolute atomic E-state index is 12.2. The lowest BCUT2D eigenvalue weighted by Crippen LogP contribution is -2.33. The number of thioether (sulfide) groups is 1. The average Bonchev–Trinajstić information content (AvgIpc) is 2.87. The Balaban J connectivity index is 1.90. The highest BCUT2D eigenvalue weighted by molar-refractivity contribution is 7.99. The zero-order chi connectivity index (χ0) is 14.4. The first-order chi connectivity index (χ1) is 9.72. The summed E-state index contributed by atoms with van der Waals surface area (Å²) in [4.78, 5) is 16.5. The molecule has 2 N–H and O–H groups in total. The maximum Gasteiger partial charge on any atom is 0.270 e. The number of amides is 1. The van der Waals surface area contributed by atoms with Gasteiger partial charge in [0.1, 0.15) is 11.5 Å². The van der Waals surface area contributed by atoms with Crippen molar-refractivity contribution in [1.29, 1.82) is 0 Å². The molecule has 4 nitrogen and oxygen atoms in total. The van der Waals surface area contributed by atoms with Crippen molar-refractivity contribution in [2.24, 2.45) is 0 Å². The SMILES string of the molecule is CCNc1cccc(C(=O)NC2CCC(SCC)C2)n1. The van der Waals surface area contributed by atoms with E-state index in [2.05, 4.69) is 22.5 Å². The second-order valence-electron chi connectivity index (χ2n) is 5.00. The normalized spacial score (nSPS) is 21.7. The van der Waals surface area contributed by atoms with Crippen molar-refractivity contribution in [2.75, 3.05) is 17.6 Å². The summed E-state index contributed by atoms with van der Waals surface area (Å²) in [5, 5.41) is 6.94. The number of nitrogens with one attached hydrogen (secondary N) is 2. The summed E-state index contributed by atoms with van der Waals surface area (Å²) < 4.78 is 0. The number of pyridine rings is 1.